The second kappa shape index (κ2) is 8.45. The number of ether oxygens (including phenoxy) is 4. The maximum atomic E-state index is 13.0. The first-order chi connectivity index (χ1) is 15.3. The Morgan fingerprint density at radius 1 is 1.00 bits per heavy atom. The molecule has 1 aliphatic heterocycles. The summed E-state index contributed by atoms with van der Waals surface area (Å²) < 4.78 is 27.4. The molecule has 1 aliphatic rings. The van der Waals surface area contributed by atoms with Gasteiger partial charge in [0.25, 0.3) is 0 Å². The lowest BCUT2D eigenvalue weighted by atomic mass is 9.99. The third-order valence-corrected chi connectivity index (χ3v) is 5.35. The van der Waals surface area contributed by atoms with Crippen LogP contribution in [0.2, 0.25) is 0 Å². The van der Waals surface area contributed by atoms with Crippen LogP contribution in [0.3, 0.4) is 0 Å². The van der Waals surface area contributed by atoms with Crippen LogP contribution in [0.1, 0.15) is 0 Å². The lowest BCUT2D eigenvalue weighted by molar-refractivity contribution is -0.277. The minimum Gasteiger partial charge on any atom is -0.507 e. The SMILES string of the molecule is COc1cccc2c(=O)c3c(O)cc(OC4OC(CO)C(O)C(O)C4O)c(OC)c3oc12. The number of hydrogen-bond donors (Lipinski definition) is 5. The van der Waals surface area contributed by atoms with E-state index in [1.165, 1.54) is 20.3 Å². The van der Waals surface area contributed by atoms with Crippen molar-refractivity contribution in [3.8, 4) is 23.0 Å². The Hall–Kier alpha value is -3.09. The van der Waals surface area contributed by atoms with E-state index in [2.05, 4.69) is 0 Å². The molecule has 5 unspecified atom stereocenters. The normalized spacial score (nSPS) is 25.8. The molecule has 0 aliphatic carbocycles. The van der Waals surface area contributed by atoms with E-state index in [9.17, 15) is 30.3 Å². The molecule has 0 radical (unpaired) electrons. The summed E-state index contributed by atoms with van der Waals surface area (Å²) in [7, 11) is 2.69. The second-order valence-electron chi connectivity index (χ2n) is 7.21. The summed E-state index contributed by atoms with van der Waals surface area (Å²) in [6, 6.07) is 5.80. The highest BCUT2D eigenvalue weighted by Gasteiger charge is 2.45. The van der Waals surface area contributed by atoms with Gasteiger partial charge < -0.3 is 48.9 Å². The molecular formula is C21H22O11. The first kappa shape index (κ1) is 22.1. The summed E-state index contributed by atoms with van der Waals surface area (Å²) in [4.78, 5) is 13.0. The minimum atomic E-state index is -1.70. The van der Waals surface area contributed by atoms with Crippen molar-refractivity contribution in [1.29, 1.82) is 0 Å². The standard InChI is InChI=1S/C21H22O11/c1-28-10-5-3-4-8-14(24)13-9(23)6-11(19(29-2)20(13)32-18(8)10)30-21-17(27)16(26)15(25)12(7-22)31-21/h3-6,12,15-17,21-23,25-27H,7H2,1-2H3. The number of phenols is 1. The molecule has 11 heteroatoms. The molecule has 1 aromatic heterocycles. The van der Waals surface area contributed by atoms with Crippen molar-refractivity contribution in [1.82, 2.24) is 0 Å². The van der Waals surface area contributed by atoms with Crippen molar-refractivity contribution < 1.29 is 48.9 Å². The summed E-state index contributed by atoms with van der Waals surface area (Å²) in [6.07, 6.45) is -7.68. The van der Waals surface area contributed by atoms with Crippen molar-refractivity contribution in [2.75, 3.05) is 20.8 Å². The van der Waals surface area contributed by atoms with Gasteiger partial charge in [-0.1, -0.05) is 6.07 Å². The van der Waals surface area contributed by atoms with Crippen molar-refractivity contribution in [2.24, 2.45) is 0 Å². The quantitative estimate of drug-likeness (QED) is 0.328. The largest absolute Gasteiger partial charge is 0.507 e. The first-order valence-corrected chi connectivity index (χ1v) is 9.63. The molecule has 0 amide bonds. The molecular weight excluding hydrogens is 428 g/mol. The topological polar surface area (TPSA) is 168 Å². The fourth-order valence-corrected chi connectivity index (χ4v) is 3.69. The number of methoxy groups -OCH3 is 2. The fraction of sp³-hybridized carbons (Fsp3) is 0.381. The summed E-state index contributed by atoms with van der Waals surface area (Å²) in [5, 5.41) is 50.1. The van der Waals surface area contributed by atoms with E-state index in [4.69, 9.17) is 23.4 Å². The van der Waals surface area contributed by atoms with Gasteiger partial charge in [0.05, 0.1) is 26.2 Å². The van der Waals surface area contributed by atoms with Gasteiger partial charge >= 0.3 is 0 Å². The van der Waals surface area contributed by atoms with Gasteiger partial charge in [-0.15, -0.1) is 0 Å². The first-order valence-electron chi connectivity index (χ1n) is 9.63. The van der Waals surface area contributed by atoms with Gasteiger partial charge in [0.2, 0.25) is 17.5 Å². The molecule has 5 atom stereocenters. The molecule has 4 rings (SSSR count). The lowest BCUT2D eigenvalue weighted by Crippen LogP contribution is -2.60. The van der Waals surface area contributed by atoms with Gasteiger partial charge in [0.15, 0.2) is 22.7 Å². The number of aliphatic hydroxyl groups excluding tert-OH is 4. The van der Waals surface area contributed by atoms with Crippen LogP contribution >= 0.6 is 0 Å². The van der Waals surface area contributed by atoms with Crippen LogP contribution in [-0.4, -0.2) is 77.1 Å². The molecule has 3 aromatic rings. The Kier molecular flexibility index (Phi) is 5.84. The van der Waals surface area contributed by atoms with E-state index in [-0.39, 0.29) is 39.2 Å². The average molecular weight is 450 g/mol. The molecule has 0 spiro atoms. The Labute approximate surface area is 180 Å². The van der Waals surface area contributed by atoms with Gasteiger partial charge in [-0.3, -0.25) is 4.79 Å². The summed E-state index contributed by atoms with van der Waals surface area (Å²) in [6.45, 7) is -0.647. The predicted molar refractivity (Wildman–Crippen MR) is 109 cm³/mol. The summed E-state index contributed by atoms with van der Waals surface area (Å²) >= 11 is 0. The lowest BCUT2D eigenvalue weighted by Gasteiger charge is -2.39. The van der Waals surface area contributed by atoms with Crippen LogP contribution in [0.15, 0.2) is 33.5 Å². The summed E-state index contributed by atoms with van der Waals surface area (Å²) in [5.74, 6) is -0.485. The maximum Gasteiger partial charge on any atom is 0.229 e. The van der Waals surface area contributed by atoms with Crippen LogP contribution < -0.4 is 19.6 Å². The molecule has 0 saturated carbocycles. The zero-order valence-corrected chi connectivity index (χ0v) is 17.1. The number of aromatic hydroxyl groups is 1. The van der Waals surface area contributed by atoms with Crippen LogP contribution in [0.5, 0.6) is 23.0 Å². The Morgan fingerprint density at radius 3 is 2.41 bits per heavy atom. The molecule has 32 heavy (non-hydrogen) atoms. The number of para-hydroxylation sites is 1. The van der Waals surface area contributed by atoms with Crippen molar-refractivity contribution >= 4 is 21.9 Å². The maximum absolute atomic E-state index is 13.0. The third kappa shape index (κ3) is 3.40. The van der Waals surface area contributed by atoms with Crippen molar-refractivity contribution in [3.63, 3.8) is 0 Å². The molecule has 5 N–H and O–H groups in total. The zero-order valence-electron chi connectivity index (χ0n) is 17.1. The highest BCUT2D eigenvalue weighted by atomic mass is 16.7. The average Bonchev–Trinajstić information content (AvgIpc) is 2.79. The van der Waals surface area contributed by atoms with E-state index in [1.807, 2.05) is 0 Å². The number of rotatable bonds is 5. The molecule has 11 nitrogen and oxygen atoms in total. The van der Waals surface area contributed by atoms with Crippen molar-refractivity contribution in [2.45, 2.75) is 30.7 Å². The highest BCUT2D eigenvalue weighted by Crippen LogP contribution is 2.43. The Balaban J connectivity index is 1.88. The van der Waals surface area contributed by atoms with Crippen LogP contribution in [-0.2, 0) is 4.74 Å². The molecule has 172 valence electrons. The van der Waals surface area contributed by atoms with Crippen molar-refractivity contribution in [3.05, 3.63) is 34.5 Å². The fourth-order valence-electron chi connectivity index (χ4n) is 3.69. The van der Waals surface area contributed by atoms with Gasteiger partial charge in [-0.25, -0.2) is 0 Å². The highest BCUT2D eigenvalue weighted by molar-refractivity contribution is 5.98. The predicted octanol–water partition coefficient (Wildman–Crippen LogP) is -0.152. The number of fused-ring (bicyclic) bond motifs is 2. The monoisotopic (exact) mass is 450 g/mol. The molecule has 2 aromatic carbocycles. The third-order valence-electron chi connectivity index (χ3n) is 5.35. The molecule has 2 heterocycles. The zero-order chi connectivity index (χ0) is 23.2. The van der Waals surface area contributed by atoms with E-state index in [0.717, 1.165) is 6.07 Å². The Bertz CT molecular complexity index is 1200. The van der Waals surface area contributed by atoms with E-state index in [0.29, 0.717) is 0 Å². The smallest absolute Gasteiger partial charge is 0.229 e. The Morgan fingerprint density at radius 2 is 1.75 bits per heavy atom. The van der Waals surface area contributed by atoms with Crippen LogP contribution in [0, 0.1) is 0 Å². The number of hydrogen-bond acceptors (Lipinski definition) is 11. The number of phenolic OH excluding ortho intramolecular Hbond substituents is 1. The number of benzene rings is 2. The van der Waals surface area contributed by atoms with Gasteiger partial charge in [0.1, 0.15) is 35.6 Å². The van der Waals surface area contributed by atoms with E-state index in [1.54, 1.807) is 12.1 Å². The second-order valence-corrected chi connectivity index (χ2v) is 7.21. The van der Waals surface area contributed by atoms with Crippen LogP contribution in [0.4, 0.5) is 0 Å². The minimum absolute atomic E-state index is 0.0975. The van der Waals surface area contributed by atoms with E-state index >= 15 is 0 Å². The summed E-state index contributed by atoms with van der Waals surface area (Å²) in [5.41, 5.74) is -0.556. The van der Waals surface area contributed by atoms with Gasteiger partial charge in [-0.05, 0) is 12.1 Å². The van der Waals surface area contributed by atoms with E-state index < -0.39 is 48.5 Å². The van der Waals surface area contributed by atoms with Gasteiger partial charge in [0, 0.05) is 6.07 Å². The number of aliphatic hydroxyl groups is 4. The van der Waals surface area contributed by atoms with Gasteiger partial charge in [-0.2, -0.15) is 0 Å². The molecule has 1 saturated heterocycles. The molecule has 1 fully saturated rings. The van der Waals surface area contributed by atoms with Crippen LogP contribution in [0.25, 0.3) is 21.9 Å². The molecule has 0 bridgehead atoms.